The first-order valence-corrected chi connectivity index (χ1v) is 8.54. The number of para-hydroxylation sites is 1. The summed E-state index contributed by atoms with van der Waals surface area (Å²) in [5.41, 5.74) is 0.410. The van der Waals surface area contributed by atoms with E-state index >= 15 is 0 Å². The number of carbonyl (C=O) groups excluding carboxylic acids is 1. The first-order valence-electron chi connectivity index (χ1n) is 6.13. The van der Waals surface area contributed by atoms with Gasteiger partial charge in [-0.15, -0.1) is 0 Å². The number of halogens is 2. The van der Waals surface area contributed by atoms with E-state index in [0.29, 0.717) is 5.69 Å². The van der Waals surface area contributed by atoms with Crippen molar-refractivity contribution in [3.05, 3.63) is 52.0 Å². The Morgan fingerprint density at radius 3 is 2.30 bits per heavy atom. The topological polar surface area (TPSA) is 74.7 Å². The standard InChI is InChI=1S/C14H9Cl2NO4S.Na/c15-9-5-8(6-10(16)13(9)18)14(19)17-7-22(20,21)12-4-2-1-3-11(12)17;/h1-6,18H,7H2;. The van der Waals surface area contributed by atoms with Crippen LogP contribution in [-0.2, 0) is 9.84 Å². The molecule has 0 saturated heterocycles. The van der Waals surface area contributed by atoms with E-state index in [-0.39, 0.29) is 55.8 Å². The summed E-state index contributed by atoms with van der Waals surface area (Å²) < 4.78 is 24.2. The van der Waals surface area contributed by atoms with Gasteiger partial charge in [-0.05, 0) is 24.3 Å². The summed E-state index contributed by atoms with van der Waals surface area (Å²) in [5, 5.41) is 9.38. The predicted molar refractivity (Wildman–Crippen MR) is 89.2 cm³/mol. The van der Waals surface area contributed by atoms with E-state index in [1.54, 1.807) is 18.2 Å². The van der Waals surface area contributed by atoms with Crippen LogP contribution in [0.1, 0.15) is 10.4 Å². The largest absolute Gasteiger partial charge is 0.505 e. The van der Waals surface area contributed by atoms with Gasteiger partial charge in [0.05, 0.1) is 20.6 Å². The molecule has 23 heavy (non-hydrogen) atoms. The number of hydrogen-bond acceptors (Lipinski definition) is 4. The number of carbonyl (C=O) groups is 1. The van der Waals surface area contributed by atoms with Crippen molar-refractivity contribution in [2.45, 2.75) is 4.90 Å². The number of benzene rings is 2. The zero-order chi connectivity index (χ0) is 16.1. The Hall–Kier alpha value is -0.760. The maximum atomic E-state index is 12.6. The number of nitrogens with zero attached hydrogens (tertiary/aromatic N) is 1. The van der Waals surface area contributed by atoms with Crippen LogP contribution in [0.15, 0.2) is 41.3 Å². The zero-order valence-electron chi connectivity index (χ0n) is 12.0. The smallest absolute Gasteiger partial charge is 0.259 e. The number of hydrogen-bond donors (Lipinski definition) is 1. The number of phenols is 1. The number of amides is 1. The molecule has 0 unspecified atom stereocenters. The Balaban J connectivity index is 0.00000192. The molecule has 5 nitrogen and oxygen atoms in total. The summed E-state index contributed by atoms with van der Waals surface area (Å²) in [4.78, 5) is 13.8. The number of fused-ring (bicyclic) bond motifs is 1. The summed E-state index contributed by atoms with van der Waals surface area (Å²) >= 11 is 11.6. The molecule has 0 aromatic heterocycles. The van der Waals surface area contributed by atoms with Gasteiger partial charge in [0, 0.05) is 35.1 Å². The van der Waals surface area contributed by atoms with Crippen molar-refractivity contribution in [1.29, 1.82) is 0 Å². The number of rotatable bonds is 1. The first-order chi connectivity index (χ1) is 10.3. The summed E-state index contributed by atoms with van der Waals surface area (Å²) in [6.07, 6.45) is 0. The van der Waals surface area contributed by atoms with Crippen molar-refractivity contribution in [2.24, 2.45) is 0 Å². The number of anilines is 1. The maximum absolute atomic E-state index is 12.6. The summed E-state index contributed by atoms with van der Waals surface area (Å²) in [5.74, 6) is -1.33. The minimum Gasteiger partial charge on any atom is -0.505 e. The minimum absolute atomic E-state index is 0. The molecule has 1 N–H and O–H groups in total. The van der Waals surface area contributed by atoms with Crippen molar-refractivity contribution < 1.29 is 18.3 Å². The van der Waals surface area contributed by atoms with Gasteiger partial charge in [0.15, 0.2) is 15.6 Å². The van der Waals surface area contributed by atoms with Crippen LogP contribution >= 0.6 is 23.2 Å². The van der Waals surface area contributed by atoms with Crippen LogP contribution in [-0.4, -0.2) is 54.9 Å². The molecular formula is C14H9Cl2NNaO4S. The molecule has 3 rings (SSSR count). The molecule has 1 heterocycles. The zero-order valence-corrected chi connectivity index (χ0v) is 16.3. The fraction of sp³-hybridized carbons (Fsp3) is 0.0714. The van der Waals surface area contributed by atoms with E-state index in [0.717, 1.165) is 4.90 Å². The Kier molecular flexibility index (Phi) is 5.35. The monoisotopic (exact) mass is 380 g/mol. The van der Waals surface area contributed by atoms with Crippen molar-refractivity contribution >= 4 is 74.2 Å². The normalized spacial score (nSPS) is 15.0. The molecule has 0 saturated carbocycles. The SMILES string of the molecule is O=C(c1cc(Cl)c(O)c(Cl)c1)N1CS(=O)(=O)c2ccccc21.[Na]. The van der Waals surface area contributed by atoms with Crippen molar-refractivity contribution in [1.82, 2.24) is 0 Å². The van der Waals surface area contributed by atoms with Crippen LogP contribution in [0.3, 0.4) is 0 Å². The Morgan fingerprint density at radius 2 is 1.70 bits per heavy atom. The van der Waals surface area contributed by atoms with Crippen molar-refractivity contribution in [3.8, 4) is 5.75 Å². The van der Waals surface area contributed by atoms with Gasteiger partial charge in [0.25, 0.3) is 5.91 Å². The second-order valence-electron chi connectivity index (χ2n) is 4.73. The van der Waals surface area contributed by atoms with E-state index in [4.69, 9.17) is 23.2 Å². The van der Waals surface area contributed by atoms with Crippen LogP contribution in [0.2, 0.25) is 10.0 Å². The summed E-state index contributed by atoms with van der Waals surface area (Å²) in [6, 6.07) is 8.75. The molecule has 1 aliphatic heterocycles. The third-order valence-electron chi connectivity index (χ3n) is 3.30. The van der Waals surface area contributed by atoms with E-state index in [9.17, 15) is 18.3 Å². The quantitative estimate of drug-likeness (QED) is 0.771. The van der Waals surface area contributed by atoms with Crippen LogP contribution in [0.5, 0.6) is 5.75 Å². The van der Waals surface area contributed by atoms with Gasteiger partial charge in [0.1, 0.15) is 5.88 Å². The molecule has 1 aliphatic rings. The third-order valence-corrected chi connectivity index (χ3v) is 5.49. The number of sulfone groups is 1. The number of phenolic OH excluding ortho intramolecular Hbond substituents is 1. The van der Waals surface area contributed by atoms with Crippen molar-refractivity contribution in [2.75, 3.05) is 10.8 Å². The minimum atomic E-state index is -3.55. The van der Waals surface area contributed by atoms with Crippen LogP contribution in [0.4, 0.5) is 5.69 Å². The molecule has 0 aliphatic carbocycles. The first kappa shape index (κ1) is 18.6. The fourth-order valence-corrected chi connectivity index (χ4v) is 4.27. The van der Waals surface area contributed by atoms with E-state index in [2.05, 4.69) is 0 Å². The molecule has 0 bridgehead atoms. The predicted octanol–water partition coefficient (Wildman–Crippen LogP) is 2.71. The van der Waals surface area contributed by atoms with Gasteiger partial charge in [-0.2, -0.15) is 0 Å². The molecule has 0 fully saturated rings. The van der Waals surface area contributed by atoms with Crippen molar-refractivity contribution in [3.63, 3.8) is 0 Å². The third kappa shape index (κ3) is 3.24. The second kappa shape index (κ2) is 6.63. The molecular weight excluding hydrogens is 372 g/mol. The Labute approximate surface area is 165 Å². The molecule has 0 atom stereocenters. The molecule has 115 valence electrons. The van der Waals surface area contributed by atoms with Crippen LogP contribution < -0.4 is 4.90 Å². The summed E-state index contributed by atoms with van der Waals surface area (Å²) in [6.45, 7) is 0. The molecule has 1 amide bonds. The van der Waals surface area contributed by atoms with Gasteiger partial charge >= 0.3 is 0 Å². The molecule has 2 aromatic rings. The van der Waals surface area contributed by atoms with Crippen LogP contribution in [0.25, 0.3) is 0 Å². The molecule has 0 spiro atoms. The summed E-state index contributed by atoms with van der Waals surface area (Å²) in [7, 11) is -3.55. The average molecular weight is 381 g/mol. The molecule has 9 heteroatoms. The van der Waals surface area contributed by atoms with Gasteiger partial charge in [-0.1, -0.05) is 35.3 Å². The Bertz CT molecular complexity index is 878. The van der Waals surface area contributed by atoms with Gasteiger partial charge in [-0.3, -0.25) is 9.69 Å². The molecule has 1 radical (unpaired) electrons. The van der Waals surface area contributed by atoms with E-state index < -0.39 is 21.6 Å². The van der Waals surface area contributed by atoms with E-state index in [1.807, 2.05) is 0 Å². The number of aromatic hydroxyl groups is 1. The van der Waals surface area contributed by atoms with Crippen LogP contribution in [0, 0.1) is 0 Å². The Morgan fingerprint density at radius 1 is 1.13 bits per heavy atom. The van der Waals surface area contributed by atoms with E-state index in [1.165, 1.54) is 18.2 Å². The van der Waals surface area contributed by atoms with Gasteiger partial charge in [-0.25, -0.2) is 8.42 Å². The maximum Gasteiger partial charge on any atom is 0.259 e. The fourth-order valence-electron chi connectivity index (χ4n) is 2.27. The molecule has 2 aromatic carbocycles. The van der Waals surface area contributed by atoms with Gasteiger partial charge in [0.2, 0.25) is 0 Å². The van der Waals surface area contributed by atoms with Gasteiger partial charge < -0.3 is 5.11 Å². The second-order valence-corrected chi connectivity index (χ2v) is 7.48. The average Bonchev–Trinajstić information content (AvgIpc) is 2.76.